The fraction of sp³-hybridized carbons (Fsp3) is 0.900. The van der Waals surface area contributed by atoms with Crippen molar-refractivity contribution >= 4 is 5.96 Å². The second kappa shape index (κ2) is 6.63. The summed E-state index contributed by atoms with van der Waals surface area (Å²) in [6.07, 6.45) is 1.00. The molecule has 0 rings (SSSR count). The number of aliphatic hydroxyl groups is 1. The molecule has 0 aliphatic carbocycles. The average Bonchev–Trinajstić information content (AvgIpc) is 2.09. The zero-order valence-electron chi connectivity index (χ0n) is 10.2. The summed E-state index contributed by atoms with van der Waals surface area (Å²) in [5.41, 5.74) is 4.78. The van der Waals surface area contributed by atoms with Crippen LogP contribution in [0.5, 0.6) is 0 Å². The minimum absolute atomic E-state index is 0.313. The van der Waals surface area contributed by atoms with Crippen molar-refractivity contribution in [3.05, 3.63) is 0 Å². The summed E-state index contributed by atoms with van der Waals surface area (Å²) in [6, 6.07) is 0. The number of nitrogens with zero attached hydrogens (tertiary/aromatic N) is 2. The van der Waals surface area contributed by atoms with Crippen molar-refractivity contribution in [2.75, 3.05) is 33.7 Å². The van der Waals surface area contributed by atoms with E-state index in [1.165, 1.54) is 0 Å². The first kappa shape index (κ1) is 14.2. The number of nitrogens with one attached hydrogen (secondary N) is 1. The van der Waals surface area contributed by atoms with Crippen molar-refractivity contribution in [2.45, 2.75) is 25.9 Å². The van der Waals surface area contributed by atoms with Gasteiger partial charge in [-0.3, -0.25) is 4.99 Å². The van der Waals surface area contributed by atoms with Crippen LogP contribution in [0.1, 0.15) is 20.3 Å². The molecule has 0 saturated carbocycles. The van der Waals surface area contributed by atoms with Crippen molar-refractivity contribution in [3.63, 3.8) is 0 Å². The summed E-state index contributed by atoms with van der Waals surface area (Å²) in [6.45, 7) is 5.50. The summed E-state index contributed by atoms with van der Waals surface area (Å²) < 4.78 is 0. The van der Waals surface area contributed by atoms with Gasteiger partial charge in [-0.15, -0.1) is 0 Å². The lowest BCUT2D eigenvalue weighted by atomic mass is 10.1. The highest BCUT2D eigenvalue weighted by atomic mass is 16.3. The van der Waals surface area contributed by atoms with Gasteiger partial charge in [0.1, 0.15) is 0 Å². The molecule has 5 nitrogen and oxygen atoms in total. The van der Waals surface area contributed by atoms with Crippen LogP contribution in [0.3, 0.4) is 0 Å². The topological polar surface area (TPSA) is 73.9 Å². The van der Waals surface area contributed by atoms with Crippen LogP contribution in [-0.2, 0) is 0 Å². The van der Waals surface area contributed by atoms with Gasteiger partial charge < -0.3 is 21.1 Å². The molecule has 0 saturated heterocycles. The average molecular weight is 216 g/mol. The molecule has 0 heterocycles. The standard InChI is InChI=1S/C10H24N4O/c1-5-6-12-9(11)13-7-10(2,15)8-14(3)4/h15H,5-8H2,1-4H3,(H3,11,12,13). The van der Waals surface area contributed by atoms with E-state index >= 15 is 0 Å². The Morgan fingerprint density at radius 2 is 2.13 bits per heavy atom. The number of rotatable bonds is 6. The van der Waals surface area contributed by atoms with Crippen LogP contribution in [0, 0.1) is 0 Å². The van der Waals surface area contributed by atoms with Crippen molar-refractivity contribution in [3.8, 4) is 0 Å². The third-order valence-corrected chi connectivity index (χ3v) is 1.80. The fourth-order valence-corrected chi connectivity index (χ4v) is 1.30. The molecular formula is C10H24N4O. The Balaban J connectivity index is 3.99. The minimum atomic E-state index is -0.831. The molecule has 0 spiro atoms. The normalized spacial score (nSPS) is 16.5. The SMILES string of the molecule is CCCNC(N)=NCC(C)(O)CN(C)C. The van der Waals surface area contributed by atoms with Gasteiger partial charge in [0.25, 0.3) is 0 Å². The predicted molar refractivity (Wildman–Crippen MR) is 64.0 cm³/mol. The Morgan fingerprint density at radius 1 is 1.53 bits per heavy atom. The summed E-state index contributed by atoms with van der Waals surface area (Å²) in [5, 5.41) is 12.9. The third-order valence-electron chi connectivity index (χ3n) is 1.80. The Labute approximate surface area is 92.4 Å². The molecule has 0 bridgehead atoms. The fourth-order valence-electron chi connectivity index (χ4n) is 1.30. The quantitative estimate of drug-likeness (QED) is 0.418. The molecule has 0 amide bonds. The van der Waals surface area contributed by atoms with E-state index in [0.717, 1.165) is 13.0 Å². The summed E-state index contributed by atoms with van der Waals surface area (Å²) >= 11 is 0. The molecule has 0 aliphatic heterocycles. The number of hydrogen-bond donors (Lipinski definition) is 3. The van der Waals surface area contributed by atoms with Crippen molar-refractivity contribution in [1.29, 1.82) is 0 Å². The number of hydrogen-bond acceptors (Lipinski definition) is 3. The summed E-state index contributed by atoms with van der Waals surface area (Å²) in [4.78, 5) is 6.01. The molecule has 0 aromatic rings. The van der Waals surface area contributed by atoms with E-state index < -0.39 is 5.60 Å². The highest BCUT2D eigenvalue weighted by Crippen LogP contribution is 2.04. The van der Waals surface area contributed by atoms with E-state index in [1.807, 2.05) is 19.0 Å². The Bertz CT molecular complexity index is 202. The second-order valence-corrected chi connectivity index (χ2v) is 4.36. The molecule has 0 fully saturated rings. The Hall–Kier alpha value is -0.810. The van der Waals surface area contributed by atoms with E-state index in [0.29, 0.717) is 19.0 Å². The van der Waals surface area contributed by atoms with Crippen LogP contribution in [0.4, 0.5) is 0 Å². The van der Waals surface area contributed by atoms with Gasteiger partial charge in [0.2, 0.25) is 0 Å². The van der Waals surface area contributed by atoms with E-state index in [-0.39, 0.29) is 0 Å². The molecule has 0 aromatic heterocycles. The molecule has 1 unspecified atom stereocenters. The lowest BCUT2D eigenvalue weighted by Gasteiger charge is -2.25. The first-order valence-corrected chi connectivity index (χ1v) is 5.28. The van der Waals surface area contributed by atoms with E-state index in [2.05, 4.69) is 17.2 Å². The van der Waals surface area contributed by atoms with E-state index in [1.54, 1.807) is 6.92 Å². The van der Waals surface area contributed by atoms with Crippen LogP contribution < -0.4 is 11.1 Å². The molecule has 90 valence electrons. The number of aliphatic imine (C=N–C) groups is 1. The Kier molecular flexibility index (Phi) is 6.27. The highest BCUT2D eigenvalue weighted by Gasteiger charge is 2.20. The van der Waals surface area contributed by atoms with Gasteiger partial charge in [0.15, 0.2) is 5.96 Å². The number of nitrogens with two attached hydrogens (primary N) is 1. The minimum Gasteiger partial charge on any atom is -0.387 e. The van der Waals surface area contributed by atoms with Gasteiger partial charge in [0, 0.05) is 13.1 Å². The van der Waals surface area contributed by atoms with E-state index in [9.17, 15) is 5.11 Å². The van der Waals surface area contributed by atoms with Crippen LogP contribution in [0.15, 0.2) is 4.99 Å². The van der Waals surface area contributed by atoms with Gasteiger partial charge in [-0.2, -0.15) is 0 Å². The molecule has 15 heavy (non-hydrogen) atoms. The second-order valence-electron chi connectivity index (χ2n) is 4.36. The molecule has 4 N–H and O–H groups in total. The van der Waals surface area contributed by atoms with E-state index in [4.69, 9.17) is 5.73 Å². The van der Waals surface area contributed by atoms with Crippen molar-refractivity contribution < 1.29 is 5.11 Å². The predicted octanol–water partition coefficient (Wildman–Crippen LogP) is -0.387. The smallest absolute Gasteiger partial charge is 0.188 e. The van der Waals surface area contributed by atoms with Gasteiger partial charge in [-0.1, -0.05) is 6.92 Å². The van der Waals surface area contributed by atoms with Crippen molar-refractivity contribution in [1.82, 2.24) is 10.2 Å². The van der Waals surface area contributed by atoms with Crippen LogP contribution in [0.25, 0.3) is 0 Å². The summed E-state index contributed by atoms with van der Waals surface area (Å²) in [5.74, 6) is 0.399. The maximum absolute atomic E-state index is 9.93. The van der Waals surface area contributed by atoms with Gasteiger partial charge in [-0.05, 0) is 27.4 Å². The van der Waals surface area contributed by atoms with Gasteiger partial charge >= 0.3 is 0 Å². The third kappa shape index (κ3) is 8.20. The number of guanidine groups is 1. The van der Waals surface area contributed by atoms with Crippen LogP contribution >= 0.6 is 0 Å². The largest absolute Gasteiger partial charge is 0.387 e. The summed E-state index contributed by atoms with van der Waals surface area (Å²) in [7, 11) is 3.83. The molecule has 5 heteroatoms. The van der Waals surface area contributed by atoms with Crippen LogP contribution in [-0.4, -0.2) is 55.3 Å². The Morgan fingerprint density at radius 3 is 2.60 bits per heavy atom. The molecule has 0 aromatic carbocycles. The van der Waals surface area contributed by atoms with Gasteiger partial charge in [-0.25, -0.2) is 0 Å². The number of likely N-dealkylation sites (N-methyl/N-ethyl adjacent to an activating group) is 1. The zero-order chi connectivity index (χ0) is 11.9. The molecule has 0 radical (unpaired) electrons. The molecule has 1 atom stereocenters. The maximum atomic E-state index is 9.93. The molecule has 0 aliphatic rings. The van der Waals surface area contributed by atoms with Gasteiger partial charge in [0.05, 0.1) is 12.1 Å². The highest BCUT2D eigenvalue weighted by molar-refractivity contribution is 5.77. The lowest BCUT2D eigenvalue weighted by Crippen LogP contribution is -2.41. The molecular weight excluding hydrogens is 192 g/mol. The zero-order valence-corrected chi connectivity index (χ0v) is 10.2. The maximum Gasteiger partial charge on any atom is 0.188 e. The van der Waals surface area contributed by atoms with Crippen LogP contribution in [0.2, 0.25) is 0 Å². The van der Waals surface area contributed by atoms with Crippen molar-refractivity contribution in [2.24, 2.45) is 10.7 Å². The lowest BCUT2D eigenvalue weighted by molar-refractivity contribution is 0.0424. The monoisotopic (exact) mass is 216 g/mol. The first-order valence-electron chi connectivity index (χ1n) is 5.28. The first-order chi connectivity index (χ1) is 6.87.